The molecule has 2 aromatic carbocycles. The molecule has 0 bridgehead atoms. The molecule has 0 radical (unpaired) electrons. The van der Waals surface area contributed by atoms with Crippen LogP contribution in [0.5, 0.6) is 5.75 Å². The van der Waals surface area contributed by atoms with Crippen LogP contribution in [0.4, 0.5) is 5.69 Å². The number of methoxy groups -OCH3 is 1. The molecular weight excluding hydrogens is 426 g/mol. The number of rotatable bonds is 7. The van der Waals surface area contributed by atoms with Gasteiger partial charge in [-0.2, -0.15) is 0 Å². The monoisotopic (exact) mass is 457 g/mol. The van der Waals surface area contributed by atoms with Gasteiger partial charge < -0.3 is 9.64 Å². The van der Waals surface area contributed by atoms with Crippen molar-refractivity contribution >= 4 is 21.6 Å². The van der Waals surface area contributed by atoms with Crippen molar-refractivity contribution in [1.29, 1.82) is 0 Å². The van der Waals surface area contributed by atoms with E-state index in [1.165, 1.54) is 6.92 Å². The van der Waals surface area contributed by atoms with Crippen LogP contribution >= 0.6 is 0 Å². The van der Waals surface area contributed by atoms with Crippen LogP contribution in [0.1, 0.15) is 43.9 Å². The van der Waals surface area contributed by atoms with Gasteiger partial charge in [0.05, 0.1) is 12.0 Å². The number of amides is 1. The summed E-state index contributed by atoms with van der Waals surface area (Å²) in [5.41, 5.74) is 2.76. The summed E-state index contributed by atoms with van der Waals surface area (Å²) in [4.78, 5) is 16.3. The molecule has 32 heavy (non-hydrogen) atoms. The van der Waals surface area contributed by atoms with Crippen molar-refractivity contribution < 1.29 is 17.9 Å². The number of ether oxygens (including phenoxy) is 1. The Kier molecular flexibility index (Phi) is 6.55. The van der Waals surface area contributed by atoms with Gasteiger partial charge >= 0.3 is 0 Å². The zero-order valence-electron chi connectivity index (χ0n) is 18.9. The number of carbonyl (C=O) groups is 1. The number of likely N-dealkylation sites (tertiary alicyclic amines) is 1. The number of benzene rings is 2. The number of fused-ring (bicyclic) bond motifs is 1. The third-order valence-corrected chi connectivity index (χ3v) is 7.89. The number of carbonyl (C=O) groups excluding carboxylic acids is 1. The van der Waals surface area contributed by atoms with Crippen LogP contribution in [0.3, 0.4) is 0 Å². The minimum Gasteiger partial charge on any atom is -0.497 e. The molecule has 0 aromatic heterocycles. The highest BCUT2D eigenvalue weighted by atomic mass is 32.2. The van der Waals surface area contributed by atoms with E-state index in [2.05, 4.69) is 9.62 Å². The van der Waals surface area contributed by atoms with Crippen LogP contribution in [0.2, 0.25) is 0 Å². The van der Waals surface area contributed by atoms with E-state index >= 15 is 0 Å². The normalized spacial score (nSPS) is 19.7. The Hall–Kier alpha value is -2.42. The number of sulfonamides is 1. The summed E-state index contributed by atoms with van der Waals surface area (Å²) in [7, 11) is -2.05. The SMILES string of the molecule is COc1ccc([C@@H](CNS(=O)(=O)c2ccc3c(c2)C[C@H](C)N3C(C)=O)N2CCCC2)cc1. The number of anilines is 1. The number of hydrogen-bond acceptors (Lipinski definition) is 5. The van der Waals surface area contributed by atoms with Crippen molar-refractivity contribution in [2.45, 2.75) is 50.1 Å². The van der Waals surface area contributed by atoms with E-state index in [1.807, 2.05) is 31.2 Å². The molecular formula is C24H31N3O4S. The van der Waals surface area contributed by atoms with Gasteiger partial charge in [0.2, 0.25) is 15.9 Å². The van der Waals surface area contributed by atoms with Gasteiger partial charge in [-0.15, -0.1) is 0 Å². The predicted octanol–water partition coefficient (Wildman–Crippen LogP) is 3.11. The second-order valence-corrected chi connectivity index (χ2v) is 10.4. The lowest BCUT2D eigenvalue weighted by molar-refractivity contribution is -0.116. The van der Waals surface area contributed by atoms with Gasteiger partial charge in [-0.25, -0.2) is 13.1 Å². The van der Waals surface area contributed by atoms with Crippen molar-refractivity contribution in [3.05, 3.63) is 53.6 Å². The lowest BCUT2D eigenvalue weighted by Gasteiger charge is -2.28. The maximum absolute atomic E-state index is 13.1. The average molecular weight is 458 g/mol. The Morgan fingerprint density at radius 2 is 1.84 bits per heavy atom. The second-order valence-electron chi connectivity index (χ2n) is 8.62. The molecule has 0 saturated carbocycles. The maximum atomic E-state index is 13.1. The van der Waals surface area contributed by atoms with Crippen LogP contribution in [-0.2, 0) is 21.2 Å². The molecule has 2 heterocycles. The fourth-order valence-electron chi connectivity index (χ4n) is 4.86. The van der Waals surface area contributed by atoms with E-state index in [4.69, 9.17) is 4.74 Å². The molecule has 0 unspecified atom stereocenters. The van der Waals surface area contributed by atoms with E-state index in [0.29, 0.717) is 13.0 Å². The summed E-state index contributed by atoms with van der Waals surface area (Å²) in [6.45, 7) is 5.71. The number of hydrogen-bond donors (Lipinski definition) is 1. The zero-order chi connectivity index (χ0) is 22.9. The topological polar surface area (TPSA) is 79.0 Å². The number of nitrogens with one attached hydrogen (secondary N) is 1. The third kappa shape index (κ3) is 4.53. The Labute approximate surface area is 190 Å². The lowest BCUT2D eigenvalue weighted by atomic mass is 10.1. The molecule has 2 aliphatic heterocycles. The third-order valence-electron chi connectivity index (χ3n) is 6.46. The molecule has 2 aromatic rings. The van der Waals surface area contributed by atoms with Crippen LogP contribution in [0, 0.1) is 0 Å². The van der Waals surface area contributed by atoms with E-state index in [-0.39, 0.29) is 22.9 Å². The van der Waals surface area contributed by atoms with Gasteiger partial charge in [0.25, 0.3) is 0 Å². The molecule has 4 rings (SSSR count). The second kappa shape index (κ2) is 9.21. The molecule has 1 fully saturated rings. The highest BCUT2D eigenvalue weighted by Gasteiger charge is 2.31. The van der Waals surface area contributed by atoms with Crippen LogP contribution < -0.4 is 14.4 Å². The smallest absolute Gasteiger partial charge is 0.240 e. The van der Waals surface area contributed by atoms with Gasteiger partial charge in [-0.1, -0.05) is 12.1 Å². The summed E-state index contributed by atoms with van der Waals surface area (Å²) >= 11 is 0. The highest BCUT2D eigenvalue weighted by molar-refractivity contribution is 7.89. The fraction of sp³-hybridized carbons (Fsp3) is 0.458. The van der Waals surface area contributed by atoms with Gasteiger partial charge in [0.15, 0.2) is 0 Å². The largest absolute Gasteiger partial charge is 0.497 e. The van der Waals surface area contributed by atoms with Crippen LogP contribution in [-0.4, -0.2) is 52.0 Å². The van der Waals surface area contributed by atoms with Gasteiger partial charge in [-0.3, -0.25) is 9.69 Å². The van der Waals surface area contributed by atoms with Crippen molar-refractivity contribution in [3.63, 3.8) is 0 Å². The van der Waals surface area contributed by atoms with Crippen LogP contribution in [0.25, 0.3) is 0 Å². The maximum Gasteiger partial charge on any atom is 0.240 e. The Bertz CT molecular complexity index is 1080. The van der Waals surface area contributed by atoms with Crippen LogP contribution in [0.15, 0.2) is 47.4 Å². The summed E-state index contributed by atoms with van der Waals surface area (Å²) in [5, 5.41) is 0. The molecule has 0 aliphatic carbocycles. The highest BCUT2D eigenvalue weighted by Crippen LogP contribution is 2.34. The lowest BCUT2D eigenvalue weighted by Crippen LogP contribution is -2.36. The zero-order valence-corrected chi connectivity index (χ0v) is 19.7. The summed E-state index contributed by atoms with van der Waals surface area (Å²) in [6, 6.07) is 12.9. The minimum atomic E-state index is -3.69. The minimum absolute atomic E-state index is 0.0297. The first-order valence-corrected chi connectivity index (χ1v) is 12.6. The molecule has 2 aliphatic rings. The summed E-state index contributed by atoms with van der Waals surface area (Å²) in [6.07, 6.45) is 2.89. The molecule has 2 atom stereocenters. The first kappa shape index (κ1) is 22.8. The van der Waals surface area contributed by atoms with Gasteiger partial charge in [0.1, 0.15) is 5.75 Å². The first-order valence-electron chi connectivity index (χ1n) is 11.1. The summed E-state index contributed by atoms with van der Waals surface area (Å²) < 4.78 is 34.4. The van der Waals surface area contributed by atoms with Crippen molar-refractivity contribution in [1.82, 2.24) is 9.62 Å². The Balaban J connectivity index is 1.54. The summed E-state index contributed by atoms with van der Waals surface area (Å²) in [5.74, 6) is 0.749. The molecule has 0 spiro atoms. The van der Waals surface area contributed by atoms with E-state index in [0.717, 1.165) is 48.5 Å². The van der Waals surface area contributed by atoms with Crippen molar-refractivity contribution in [2.75, 3.05) is 31.6 Å². The molecule has 1 N–H and O–H groups in total. The van der Waals surface area contributed by atoms with Crippen molar-refractivity contribution in [2.24, 2.45) is 0 Å². The first-order chi connectivity index (χ1) is 15.3. The Morgan fingerprint density at radius 3 is 2.47 bits per heavy atom. The predicted molar refractivity (Wildman–Crippen MR) is 124 cm³/mol. The quantitative estimate of drug-likeness (QED) is 0.691. The molecule has 7 nitrogen and oxygen atoms in total. The molecule has 8 heteroatoms. The standard InChI is InChI=1S/C24H31N3O4S/c1-17-14-20-15-22(10-11-23(20)27(17)18(2)28)32(29,30)25-16-24(26-12-4-5-13-26)19-6-8-21(31-3)9-7-19/h6-11,15,17,24-25H,4-5,12-14,16H2,1-3H3/t17-,24+/m0/s1. The van der Waals surface area contributed by atoms with Crippen molar-refractivity contribution in [3.8, 4) is 5.75 Å². The van der Waals surface area contributed by atoms with E-state index < -0.39 is 10.0 Å². The number of nitrogens with zero attached hydrogens (tertiary/aromatic N) is 2. The van der Waals surface area contributed by atoms with E-state index in [9.17, 15) is 13.2 Å². The molecule has 172 valence electrons. The van der Waals surface area contributed by atoms with Gasteiger partial charge in [0, 0.05) is 31.2 Å². The molecule has 1 saturated heterocycles. The van der Waals surface area contributed by atoms with Gasteiger partial charge in [-0.05, 0) is 80.7 Å². The molecule has 1 amide bonds. The Morgan fingerprint density at radius 1 is 1.16 bits per heavy atom. The fourth-order valence-corrected chi connectivity index (χ4v) is 5.95. The van der Waals surface area contributed by atoms with E-state index in [1.54, 1.807) is 30.2 Å². The average Bonchev–Trinajstić information content (AvgIpc) is 3.41.